The second kappa shape index (κ2) is 6.60. The van der Waals surface area contributed by atoms with Crippen LogP contribution in [-0.4, -0.2) is 38.4 Å². The van der Waals surface area contributed by atoms with E-state index in [9.17, 15) is 4.79 Å². The van der Waals surface area contributed by atoms with Crippen molar-refractivity contribution in [1.82, 2.24) is 25.1 Å². The summed E-state index contributed by atoms with van der Waals surface area (Å²) in [5.74, 6) is 1.52. The van der Waals surface area contributed by atoms with Crippen molar-refractivity contribution < 1.29 is 9.53 Å². The SMILES string of the molecule is O=C(NC[C@H]1Cc2ccccc2O1)Nc1ccc(-n2cncn2)nc1. The molecule has 2 N–H and O–H groups in total. The number of amides is 2. The van der Waals surface area contributed by atoms with E-state index in [2.05, 4.69) is 25.7 Å². The quantitative estimate of drug-likeness (QED) is 0.757. The van der Waals surface area contributed by atoms with Crippen LogP contribution in [0.5, 0.6) is 5.75 Å². The molecule has 1 aliphatic heterocycles. The summed E-state index contributed by atoms with van der Waals surface area (Å²) in [5.41, 5.74) is 1.76. The monoisotopic (exact) mass is 336 g/mol. The lowest BCUT2D eigenvalue weighted by atomic mass is 10.1. The first-order chi connectivity index (χ1) is 12.3. The van der Waals surface area contributed by atoms with Gasteiger partial charge in [0, 0.05) is 6.42 Å². The first-order valence-electron chi connectivity index (χ1n) is 7.88. The average Bonchev–Trinajstić information content (AvgIpc) is 3.30. The number of hydrogen-bond donors (Lipinski definition) is 2. The van der Waals surface area contributed by atoms with E-state index in [0.717, 1.165) is 12.2 Å². The zero-order valence-corrected chi connectivity index (χ0v) is 13.3. The van der Waals surface area contributed by atoms with Gasteiger partial charge in [-0.3, -0.25) is 0 Å². The van der Waals surface area contributed by atoms with Crippen LogP contribution in [0.2, 0.25) is 0 Å². The van der Waals surface area contributed by atoms with Crippen LogP contribution >= 0.6 is 0 Å². The number of rotatable bonds is 4. The van der Waals surface area contributed by atoms with Crippen LogP contribution in [0.25, 0.3) is 5.82 Å². The molecule has 4 rings (SSSR count). The molecule has 0 saturated heterocycles. The van der Waals surface area contributed by atoms with Gasteiger partial charge in [-0.2, -0.15) is 5.10 Å². The average molecular weight is 336 g/mol. The zero-order valence-electron chi connectivity index (χ0n) is 13.3. The molecule has 0 aliphatic carbocycles. The largest absolute Gasteiger partial charge is 0.488 e. The van der Waals surface area contributed by atoms with Gasteiger partial charge in [-0.25, -0.2) is 19.4 Å². The Morgan fingerprint density at radius 3 is 2.96 bits per heavy atom. The number of pyridine rings is 1. The normalized spacial score (nSPS) is 15.3. The standard InChI is InChI=1S/C17H16N6O2/c24-17(20-9-14-7-12-3-1-2-4-15(12)25-14)22-13-5-6-16(19-8-13)23-11-18-10-21-23/h1-6,8,10-11,14H,7,9H2,(H2,20,22,24)/t14-/m1/s1. The fourth-order valence-corrected chi connectivity index (χ4v) is 2.67. The lowest BCUT2D eigenvalue weighted by molar-refractivity contribution is 0.219. The molecule has 0 spiro atoms. The van der Waals surface area contributed by atoms with Gasteiger partial charge in [0.15, 0.2) is 5.82 Å². The van der Waals surface area contributed by atoms with Crippen molar-refractivity contribution in [2.24, 2.45) is 0 Å². The summed E-state index contributed by atoms with van der Waals surface area (Å²) in [4.78, 5) is 20.1. The van der Waals surface area contributed by atoms with Gasteiger partial charge in [0.25, 0.3) is 0 Å². The minimum Gasteiger partial charge on any atom is -0.488 e. The van der Waals surface area contributed by atoms with Crippen LogP contribution in [-0.2, 0) is 6.42 Å². The number of carbonyl (C=O) groups excluding carboxylic acids is 1. The van der Waals surface area contributed by atoms with E-state index in [4.69, 9.17) is 4.74 Å². The number of anilines is 1. The predicted octanol–water partition coefficient (Wildman–Crippen LogP) is 1.79. The van der Waals surface area contributed by atoms with E-state index in [1.807, 2.05) is 24.3 Å². The van der Waals surface area contributed by atoms with Crippen LogP contribution < -0.4 is 15.4 Å². The number of nitrogens with one attached hydrogen (secondary N) is 2. The molecule has 1 aliphatic rings. The Labute approximate surface area is 143 Å². The molecule has 3 heterocycles. The smallest absolute Gasteiger partial charge is 0.319 e. The Bertz CT molecular complexity index is 838. The number of ether oxygens (including phenoxy) is 1. The highest BCUT2D eigenvalue weighted by molar-refractivity contribution is 5.89. The summed E-state index contributed by atoms with van der Waals surface area (Å²) in [5, 5.41) is 9.56. The van der Waals surface area contributed by atoms with E-state index < -0.39 is 0 Å². The Kier molecular flexibility index (Phi) is 3.99. The third-order valence-corrected chi connectivity index (χ3v) is 3.86. The molecule has 8 nitrogen and oxygen atoms in total. The van der Waals surface area contributed by atoms with Gasteiger partial charge in [0.05, 0.1) is 18.4 Å². The summed E-state index contributed by atoms with van der Waals surface area (Å²) in [6.45, 7) is 0.435. The van der Waals surface area contributed by atoms with Crippen LogP contribution in [0.3, 0.4) is 0 Å². The molecule has 3 aromatic rings. The second-order valence-corrected chi connectivity index (χ2v) is 5.63. The maximum atomic E-state index is 12.0. The summed E-state index contributed by atoms with van der Waals surface area (Å²) >= 11 is 0. The molecule has 0 unspecified atom stereocenters. The molecule has 2 aromatic heterocycles. The number of carbonyl (C=O) groups is 1. The van der Waals surface area contributed by atoms with Crippen LogP contribution in [0.1, 0.15) is 5.56 Å². The number of benzene rings is 1. The number of hydrogen-bond acceptors (Lipinski definition) is 5. The van der Waals surface area contributed by atoms with Gasteiger partial charge in [-0.1, -0.05) is 18.2 Å². The summed E-state index contributed by atoms with van der Waals surface area (Å²) in [7, 11) is 0. The summed E-state index contributed by atoms with van der Waals surface area (Å²) in [6.07, 6.45) is 5.31. The van der Waals surface area contributed by atoms with E-state index in [1.165, 1.54) is 11.9 Å². The zero-order chi connectivity index (χ0) is 17.1. The minimum atomic E-state index is -0.296. The molecule has 8 heteroatoms. The molecule has 0 saturated carbocycles. The fraction of sp³-hybridized carbons (Fsp3) is 0.176. The van der Waals surface area contributed by atoms with E-state index in [0.29, 0.717) is 18.1 Å². The Morgan fingerprint density at radius 1 is 1.28 bits per heavy atom. The van der Waals surface area contributed by atoms with Gasteiger partial charge in [-0.05, 0) is 23.8 Å². The molecular weight excluding hydrogens is 320 g/mol. The number of nitrogens with zero attached hydrogens (tertiary/aromatic N) is 4. The third-order valence-electron chi connectivity index (χ3n) is 3.86. The van der Waals surface area contributed by atoms with Crippen molar-refractivity contribution in [3.8, 4) is 11.6 Å². The molecule has 1 aromatic carbocycles. The maximum absolute atomic E-state index is 12.0. The highest BCUT2D eigenvalue weighted by Gasteiger charge is 2.22. The van der Waals surface area contributed by atoms with E-state index in [-0.39, 0.29) is 12.1 Å². The van der Waals surface area contributed by atoms with Crippen LogP contribution in [0.15, 0.2) is 55.2 Å². The van der Waals surface area contributed by atoms with Crippen molar-refractivity contribution in [3.63, 3.8) is 0 Å². The Balaban J connectivity index is 1.28. The topological polar surface area (TPSA) is 94.0 Å². The van der Waals surface area contributed by atoms with Crippen LogP contribution in [0.4, 0.5) is 10.5 Å². The summed E-state index contributed by atoms with van der Waals surface area (Å²) < 4.78 is 7.33. The third kappa shape index (κ3) is 3.42. The molecule has 1 atom stereocenters. The minimum absolute atomic E-state index is 0.0454. The summed E-state index contributed by atoms with van der Waals surface area (Å²) in [6, 6.07) is 11.1. The number of para-hydroxylation sites is 1. The molecule has 25 heavy (non-hydrogen) atoms. The highest BCUT2D eigenvalue weighted by atomic mass is 16.5. The molecule has 0 bridgehead atoms. The Morgan fingerprint density at radius 2 is 2.20 bits per heavy atom. The number of aromatic nitrogens is 4. The number of fused-ring (bicyclic) bond motifs is 1. The van der Waals surface area contributed by atoms with Gasteiger partial charge in [0.2, 0.25) is 0 Å². The maximum Gasteiger partial charge on any atom is 0.319 e. The van der Waals surface area contributed by atoms with Gasteiger partial charge < -0.3 is 15.4 Å². The molecule has 126 valence electrons. The van der Waals surface area contributed by atoms with Crippen molar-refractivity contribution >= 4 is 11.7 Å². The van der Waals surface area contributed by atoms with E-state index >= 15 is 0 Å². The lowest BCUT2D eigenvalue weighted by Crippen LogP contribution is -2.37. The van der Waals surface area contributed by atoms with Gasteiger partial charge >= 0.3 is 6.03 Å². The number of urea groups is 1. The molecule has 2 amide bonds. The van der Waals surface area contributed by atoms with Crippen molar-refractivity contribution in [2.45, 2.75) is 12.5 Å². The van der Waals surface area contributed by atoms with Crippen molar-refractivity contribution in [3.05, 3.63) is 60.8 Å². The predicted molar refractivity (Wildman–Crippen MR) is 90.7 cm³/mol. The van der Waals surface area contributed by atoms with E-state index in [1.54, 1.807) is 29.3 Å². The Hall–Kier alpha value is -3.42. The molecular formula is C17H16N6O2. The van der Waals surface area contributed by atoms with Crippen molar-refractivity contribution in [1.29, 1.82) is 0 Å². The first-order valence-corrected chi connectivity index (χ1v) is 7.88. The lowest BCUT2D eigenvalue weighted by Gasteiger charge is -2.12. The fourth-order valence-electron chi connectivity index (χ4n) is 2.67. The highest BCUT2D eigenvalue weighted by Crippen LogP contribution is 2.27. The van der Waals surface area contributed by atoms with Crippen molar-refractivity contribution in [2.75, 3.05) is 11.9 Å². The van der Waals surface area contributed by atoms with Gasteiger partial charge in [0.1, 0.15) is 24.5 Å². The van der Waals surface area contributed by atoms with Crippen LogP contribution in [0, 0.1) is 0 Å². The molecule has 0 fully saturated rings. The molecule has 0 radical (unpaired) electrons. The second-order valence-electron chi connectivity index (χ2n) is 5.63. The van der Waals surface area contributed by atoms with Gasteiger partial charge in [-0.15, -0.1) is 0 Å². The first kappa shape index (κ1) is 15.1.